The summed E-state index contributed by atoms with van der Waals surface area (Å²) in [4.78, 5) is 39.7. The van der Waals surface area contributed by atoms with E-state index in [4.69, 9.17) is 103 Å². The van der Waals surface area contributed by atoms with Crippen LogP contribution in [-0.4, -0.2) is 63.5 Å². The van der Waals surface area contributed by atoms with Crippen LogP contribution in [0.25, 0.3) is 44.1 Å². The van der Waals surface area contributed by atoms with Crippen LogP contribution in [0.5, 0.6) is 34.5 Å². The molecule has 19 rings (SSSR count). The van der Waals surface area contributed by atoms with Crippen LogP contribution in [0.3, 0.4) is 0 Å². The number of aliphatic hydroxyl groups excluding tert-OH is 1. The molecular weight excluding hydrogens is 1830 g/mol. The molecule has 19 aromatic rings. The second-order valence-electron chi connectivity index (χ2n) is 28.9. The highest BCUT2D eigenvalue weighted by atomic mass is 35.5. The number of halogens is 12. The van der Waals surface area contributed by atoms with Crippen molar-refractivity contribution in [2.24, 2.45) is 0 Å². The van der Waals surface area contributed by atoms with E-state index in [0.29, 0.717) is 107 Å². The quantitative estimate of drug-likeness (QED) is 0.0259. The standard InChI is InChI=1S/C22H18ClFN2O2.C21H16ClFN2O2.C21H16ClFN2O.C14H10ClFO2.C13H10ClFO.C7H6N2.C6H4ClFO/c1-27-21(16-12-26-22-15(16)8-5-11-25-22)19-17(24)9-10-18(20(19)23)28-13-14-6-3-2-4-7-14;22-19-17(27-12-13-5-2-1-3-6-13)9-8-16(23)18(19)20(26)15-11-25-21-14(15)7-4-10-24-21;22-20-17(11-15-12-25-21-16(15)7-4-10-24-21)18(23)8-9-19(20)26-13-14-5-2-1-3-6-14;15-14-11(8-17)12(16)6-7-13(14)18-9-10-4-2-1-3-5-10;14-12-8-11(15)6-7-13(12)16-9-10-4-2-1-3-5-10;1-2-6-3-5-9-7(6)8-4-1;7-5-3-4(8)1-2-6(5)9/h2-12,21H,13H2,1H3,(H,25,26);1-11,20,26H,12H2,(H,24,25);1-10,12H,11,13H2,(H,24,25);1-8H,9H2;1-8H,9H2;1-5H,(H,8,9);1-3,9H. The molecule has 8 heterocycles. The first kappa shape index (κ1) is 96.4. The number of aliphatic hydroxyl groups is 1. The lowest BCUT2D eigenvalue weighted by Crippen LogP contribution is -2.08. The Bertz CT molecular complexity index is 6990. The molecule has 674 valence electrons. The molecule has 0 amide bonds. The van der Waals surface area contributed by atoms with E-state index < -0.39 is 35.5 Å². The van der Waals surface area contributed by atoms with Crippen molar-refractivity contribution in [1.29, 1.82) is 0 Å². The fourth-order valence-corrected chi connectivity index (χ4v) is 14.9. The molecule has 0 aliphatic rings. The number of benzene rings is 11. The average Bonchev–Trinajstić information content (AvgIpc) is 1.45. The third-order valence-corrected chi connectivity index (χ3v) is 22.3. The third-order valence-electron chi connectivity index (χ3n) is 20.1. The van der Waals surface area contributed by atoms with Crippen LogP contribution in [-0.2, 0) is 44.2 Å². The monoisotopic (exact) mass is 1910 g/mol. The fourth-order valence-electron chi connectivity index (χ4n) is 13.4. The predicted octanol–water partition coefficient (Wildman–Crippen LogP) is 27.9. The van der Waals surface area contributed by atoms with Crippen LogP contribution >= 0.6 is 69.6 Å². The minimum Gasteiger partial charge on any atom is -0.506 e. The van der Waals surface area contributed by atoms with Gasteiger partial charge in [-0.1, -0.05) is 221 Å². The maximum absolute atomic E-state index is 14.8. The Kier molecular flexibility index (Phi) is 34.9. The van der Waals surface area contributed by atoms with E-state index >= 15 is 0 Å². The Hall–Kier alpha value is -14.1. The molecule has 2 atom stereocenters. The van der Waals surface area contributed by atoms with Crippen LogP contribution in [0.1, 0.15) is 83.8 Å². The van der Waals surface area contributed by atoms with E-state index in [0.717, 1.165) is 84.6 Å². The van der Waals surface area contributed by atoms with Gasteiger partial charge in [0.1, 0.15) is 137 Å². The first-order chi connectivity index (χ1) is 64.7. The number of pyridine rings is 4. The molecule has 29 heteroatoms. The number of fused-ring (bicyclic) bond motifs is 4. The maximum Gasteiger partial charge on any atom is 0.154 e. The van der Waals surface area contributed by atoms with Gasteiger partial charge >= 0.3 is 0 Å². The largest absolute Gasteiger partial charge is 0.506 e. The van der Waals surface area contributed by atoms with Crippen LogP contribution in [0.4, 0.5) is 26.3 Å². The van der Waals surface area contributed by atoms with Gasteiger partial charge in [-0.15, -0.1) is 0 Å². The molecule has 11 aromatic carbocycles. The fraction of sp³-hybridized carbons (Fsp3) is 0.0865. The van der Waals surface area contributed by atoms with Gasteiger partial charge in [0.05, 0.1) is 35.7 Å². The van der Waals surface area contributed by atoms with Crippen LogP contribution in [0.15, 0.2) is 341 Å². The van der Waals surface area contributed by atoms with Crippen molar-refractivity contribution in [3.63, 3.8) is 0 Å². The molecule has 0 fully saturated rings. The van der Waals surface area contributed by atoms with Crippen LogP contribution in [0, 0.1) is 34.9 Å². The number of methoxy groups -OCH3 is 1. The van der Waals surface area contributed by atoms with E-state index in [2.05, 4.69) is 39.9 Å². The Balaban J connectivity index is 0.000000136. The van der Waals surface area contributed by atoms with Crippen molar-refractivity contribution in [2.45, 2.75) is 51.7 Å². The van der Waals surface area contributed by atoms with E-state index in [9.17, 15) is 36.2 Å². The SMILES string of the molecule is COC(c1c(F)ccc(OCc2ccccc2)c1Cl)c1c[nH]c2ncccc12.Fc1ccc(OCc2ccccc2)c(Cl)c1.Fc1ccc(OCc2ccccc2)c(Cl)c1Cc1c[nH]c2ncccc12.O=Cc1c(F)ccc(OCc2ccccc2)c1Cl.OC(c1c(F)ccc(OCc2ccccc2)c1Cl)c1c[nH]c2ncccc12.Oc1ccc(F)cc1Cl.c1cnc2[nH]ccc2c1. The second-order valence-corrected chi connectivity index (χ2v) is 31.3. The van der Waals surface area contributed by atoms with E-state index in [-0.39, 0.29) is 59.2 Å². The number of rotatable bonds is 23. The smallest absolute Gasteiger partial charge is 0.154 e. The van der Waals surface area contributed by atoms with Gasteiger partial charge in [0, 0.05) is 112 Å². The average molecular weight is 1910 g/mol. The Morgan fingerprint density at radius 2 is 0.752 bits per heavy atom. The lowest BCUT2D eigenvalue weighted by Gasteiger charge is -2.19. The summed E-state index contributed by atoms with van der Waals surface area (Å²) < 4.78 is 116. The molecule has 2 unspecified atom stereocenters. The third kappa shape index (κ3) is 26.2. The number of nitrogens with zero attached hydrogens (tertiary/aromatic N) is 4. The van der Waals surface area contributed by atoms with Gasteiger partial charge in [0.15, 0.2) is 6.29 Å². The molecular formula is C104H80Cl6F6N8O9. The number of carbonyl (C=O) groups is 1. The van der Waals surface area contributed by atoms with Gasteiger partial charge in [-0.25, -0.2) is 46.3 Å². The number of aldehydes is 1. The summed E-state index contributed by atoms with van der Waals surface area (Å²) in [6.45, 7) is 1.73. The minimum absolute atomic E-state index is 0.000862. The number of carbonyl (C=O) groups excluding carboxylic acids is 1. The lowest BCUT2D eigenvalue weighted by molar-refractivity contribution is 0.111. The summed E-state index contributed by atoms with van der Waals surface area (Å²) in [5, 5.41) is 24.1. The number of hydrogen-bond donors (Lipinski definition) is 6. The van der Waals surface area contributed by atoms with Gasteiger partial charge in [0.25, 0.3) is 0 Å². The Morgan fingerprint density at radius 1 is 0.368 bits per heavy atom. The van der Waals surface area contributed by atoms with Crippen molar-refractivity contribution >= 4 is 120 Å². The van der Waals surface area contributed by atoms with Crippen molar-refractivity contribution < 1.29 is 69.8 Å². The summed E-state index contributed by atoms with van der Waals surface area (Å²) in [5.41, 5.74) is 10.7. The summed E-state index contributed by atoms with van der Waals surface area (Å²) in [6, 6.07) is 84.0. The van der Waals surface area contributed by atoms with Gasteiger partial charge in [0.2, 0.25) is 0 Å². The van der Waals surface area contributed by atoms with Gasteiger partial charge in [-0.05, 0) is 173 Å². The highest BCUT2D eigenvalue weighted by Crippen LogP contribution is 2.43. The maximum atomic E-state index is 14.8. The number of aromatic amines is 4. The first-order valence-electron chi connectivity index (χ1n) is 40.8. The summed E-state index contributed by atoms with van der Waals surface area (Å²) in [5.74, 6) is -0.980. The number of aromatic nitrogens is 8. The molecule has 6 N–H and O–H groups in total. The Morgan fingerprint density at radius 3 is 1.22 bits per heavy atom. The van der Waals surface area contributed by atoms with Crippen molar-refractivity contribution in [1.82, 2.24) is 39.9 Å². The molecule has 8 aromatic heterocycles. The number of H-pyrrole nitrogens is 4. The van der Waals surface area contributed by atoms with E-state index in [1.165, 1.54) is 67.8 Å². The van der Waals surface area contributed by atoms with E-state index in [1.807, 2.05) is 207 Å². The second kappa shape index (κ2) is 48.2. The Labute approximate surface area is 790 Å². The first-order valence-corrected chi connectivity index (χ1v) is 43.1. The molecule has 0 aliphatic heterocycles. The lowest BCUT2D eigenvalue weighted by atomic mass is 10.0. The molecule has 17 nitrogen and oxygen atoms in total. The number of nitrogens with one attached hydrogen (secondary N) is 4. The molecule has 0 saturated carbocycles. The summed E-state index contributed by atoms with van der Waals surface area (Å²) in [7, 11) is 1.52. The summed E-state index contributed by atoms with van der Waals surface area (Å²) in [6.07, 6.45) is 12.7. The van der Waals surface area contributed by atoms with Gasteiger partial charge in [-0.3, -0.25) is 4.79 Å². The van der Waals surface area contributed by atoms with Crippen molar-refractivity contribution in [2.75, 3.05) is 7.11 Å². The van der Waals surface area contributed by atoms with E-state index in [1.54, 1.807) is 55.4 Å². The highest BCUT2D eigenvalue weighted by molar-refractivity contribution is 6.35. The molecule has 0 bridgehead atoms. The molecule has 0 spiro atoms. The molecule has 133 heavy (non-hydrogen) atoms. The number of hydrogen-bond acceptors (Lipinski definition) is 13. The number of ether oxygens (including phenoxy) is 6. The number of phenols is 1. The topological polar surface area (TPSA) is 228 Å². The highest BCUT2D eigenvalue weighted by Gasteiger charge is 2.28. The van der Waals surface area contributed by atoms with Crippen molar-refractivity contribution in [3.05, 3.63) is 473 Å². The van der Waals surface area contributed by atoms with Crippen LogP contribution < -0.4 is 23.7 Å². The van der Waals surface area contributed by atoms with Gasteiger partial charge in [-0.2, -0.15) is 0 Å². The zero-order valence-electron chi connectivity index (χ0n) is 70.4. The molecule has 0 radical (unpaired) electrons. The normalized spacial score (nSPS) is 11.1. The van der Waals surface area contributed by atoms with Crippen molar-refractivity contribution in [3.8, 4) is 34.5 Å². The minimum atomic E-state index is -1.25. The van der Waals surface area contributed by atoms with Crippen LogP contribution in [0.2, 0.25) is 30.1 Å². The predicted molar refractivity (Wildman–Crippen MR) is 509 cm³/mol. The number of phenolic OH excluding ortho intramolecular Hbond substituents is 1. The molecule has 0 saturated heterocycles. The molecule has 0 aliphatic carbocycles. The van der Waals surface area contributed by atoms with Gasteiger partial charge < -0.3 is 58.6 Å². The number of aromatic hydroxyl groups is 1. The zero-order valence-corrected chi connectivity index (χ0v) is 74.9. The zero-order chi connectivity index (χ0) is 93.5. The summed E-state index contributed by atoms with van der Waals surface area (Å²) >= 11 is 36.4.